The van der Waals surface area contributed by atoms with Crippen molar-refractivity contribution in [3.8, 4) is 0 Å². The van der Waals surface area contributed by atoms with Crippen LogP contribution < -0.4 is 5.32 Å². The van der Waals surface area contributed by atoms with E-state index in [-0.39, 0.29) is 42.2 Å². The molecule has 2 fully saturated rings. The first kappa shape index (κ1) is 23.6. The molecule has 150 valence electrons. The number of halogens is 2. The Morgan fingerprint density at radius 3 is 2.54 bits per heavy atom. The van der Waals surface area contributed by atoms with Gasteiger partial charge in [0.1, 0.15) is 6.04 Å². The number of thiazole rings is 1. The molecule has 1 atom stereocenters. The molecule has 2 aliphatic heterocycles. The number of hydrogen-bond donors (Lipinski definition) is 1. The molecule has 26 heavy (non-hydrogen) atoms. The standard InChI is InChI=1S/C17H28N4O2S.2ClH/c1-17(2,3)16-19-13(12-24-16)10-20-5-7-21(8-6-20)15(22)14-11-23-9-4-18-14;;/h12,14,18H,4-11H2,1-3H3;2*1H. The lowest BCUT2D eigenvalue weighted by Crippen LogP contribution is -2.57. The van der Waals surface area contributed by atoms with Crippen LogP contribution >= 0.6 is 36.2 Å². The van der Waals surface area contributed by atoms with Crippen LogP contribution in [0.1, 0.15) is 31.5 Å². The summed E-state index contributed by atoms with van der Waals surface area (Å²) in [4.78, 5) is 21.6. The largest absolute Gasteiger partial charge is 0.378 e. The van der Waals surface area contributed by atoms with Crippen LogP contribution in [0.2, 0.25) is 0 Å². The Labute approximate surface area is 172 Å². The summed E-state index contributed by atoms with van der Waals surface area (Å²) in [5, 5.41) is 6.60. The smallest absolute Gasteiger partial charge is 0.242 e. The van der Waals surface area contributed by atoms with Crippen LogP contribution in [0.4, 0.5) is 0 Å². The molecule has 0 bridgehead atoms. The van der Waals surface area contributed by atoms with Gasteiger partial charge in [0.15, 0.2) is 0 Å². The Morgan fingerprint density at radius 2 is 2.00 bits per heavy atom. The molecule has 1 aromatic heterocycles. The maximum absolute atomic E-state index is 12.5. The van der Waals surface area contributed by atoms with Crippen LogP contribution in [-0.4, -0.2) is 72.7 Å². The zero-order chi connectivity index (χ0) is 17.2. The molecule has 0 radical (unpaired) electrons. The lowest BCUT2D eigenvalue weighted by Gasteiger charge is -2.37. The van der Waals surface area contributed by atoms with Gasteiger partial charge in [-0.25, -0.2) is 4.98 Å². The third-order valence-electron chi connectivity index (χ3n) is 4.48. The number of amides is 1. The van der Waals surface area contributed by atoms with Gasteiger partial charge in [-0.05, 0) is 0 Å². The van der Waals surface area contributed by atoms with Crippen molar-refractivity contribution in [1.29, 1.82) is 0 Å². The SMILES string of the molecule is CC(C)(C)c1nc(CN2CCN(C(=O)C3COCCN3)CC2)cs1.Cl.Cl. The van der Waals surface area contributed by atoms with Gasteiger partial charge in [-0.1, -0.05) is 20.8 Å². The molecular weight excluding hydrogens is 395 g/mol. The number of aromatic nitrogens is 1. The van der Waals surface area contributed by atoms with Crippen LogP contribution in [0, 0.1) is 0 Å². The summed E-state index contributed by atoms with van der Waals surface area (Å²) in [7, 11) is 0. The fraction of sp³-hybridized carbons (Fsp3) is 0.765. The first-order valence-electron chi connectivity index (χ1n) is 8.70. The van der Waals surface area contributed by atoms with E-state index in [2.05, 4.69) is 36.4 Å². The molecule has 1 N–H and O–H groups in total. The van der Waals surface area contributed by atoms with Crippen LogP contribution in [0.25, 0.3) is 0 Å². The highest BCUT2D eigenvalue weighted by atomic mass is 35.5. The lowest BCUT2D eigenvalue weighted by atomic mass is 9.98. The first-order chi connectivity index (χ1) is 11.4. The third kappa shape index (κ3) is 6.04. The molecule has 0 spiro atoms. The second-order valence-corrected chi connectivity index (χ2v) is 8.44. The molecule has 1 aromatic rings. The molecule has 1 unspecified atom stereocenters. The van der Waals surface area contributed by atoms with Crippen molar-refractivity contribution in [2.45, 2.75) is 38.8 Å². The Balaban J connectivity index is 0.00000169. The maximum atomic E-state index is 12.5. The van der Waals surface area contributed by atoms with Gasteiger partial charge in [0.2, 0.25) is 5.91 Å². The van der Waals surface area contributed by atoms with Crippen molar-refractivity contribution >= 4 is 42.1 Å². The Hall–Kier alpha value is -0.440. The highest BCUT2D eigenvalue weighted by Gasteiger charge is 2.29. The van der Waals surface area contributed by atoms with E-state index in [0.717, 1.165) is 45.0 Å². The fourth-order valence-corrected chi connectivity index (χ4v) is 3.92. The molecule has 6 nitrogen and oxygen atoms in total. The number of hydrogen-bond acceptors (Lipinski definition) is 6. The van der Waals surface area contributed by atoms with Crippen LogP contribution in [0.5, 0.6) is 0 Å². The highest BCUT2D eigenvalue weighted by Crippen LogP contribution is 2.26. The summed E-state index contributed by atoms with van der Waals surface area (Å²) in [5.41, 5.74) is 1.26. The van der Waals surface area contributed by atoms with Gasteiger partial charge in [-0.15, -0.1) is 36.2 Å². The molecule has 3 rings (SSSR count). The van der Waals surface area contributed by atoms with Gasteiger partial charge in [0, 0.05) is 50.1 Å². The zero-order valence-corrected chi connectivity index (χ0v) is 18.1. The highest BCUT2D eigenvalue weighted by molar-refractivity contribution is 7.09. The van der Waals surface area contributed by atoms with E-state index < -0.39 is 0 Å². The maximum Gasteiger partial charge on any atom is 0.242 e. The minimum atomic E-state index is -0.168. The third-order valence-corrected chi connectivity index (χ3v) is 5.80. The normalized spacial score (nSPS) is 21.7. The second-order valence-electron chi connectivity index (χ2n) is 7.58. The minimum absolute atomic E-state index is 0. The number of rotatable bonds is 3. The average molecular weight is 425 g/mol. The number of piperazine rings is 1. The van der Waals surface area contributed by atoms with Crippen molar-refractivity contribution in [3.63, 3.8) is 0 Å². The Morgan fingerprint density at radius 1 is 1.31 bits per heavy atom. The summed E-state index contributed by atoms with van der Waals surface area (Å²) in [6.07, 6.45) is 0. The summed E-state index contributed by atoms with van der Waals surface area (Å²) in [6.45, 7) is 12.8. The van der Waals surface area contributed by atoms with Gasteiger partial charge in [-0.3, -0.25) is 9.69 Å². The van der Waals surface area contributed by atoms with Crippen molar-refractivity contribution in [2.75, 3.05) is 45.9 Å². The number of carbonyl (C=O) groups is 1. The van der Waals surface area contributed by atoms with E-state index in [9.17, 15) is 4.79 Å². The van der Waals surface area contributed by atoms with Crippen molar-refractivity contribution in [2.24, 2.45) is 0 Å². The molecule has 2 saturated heterocycles. The van der Waals surface area contributed by atoms with E-state index in [1.165, 1.54) is 5.01 Å². The number of ether oxygens (including phenoxy) is 1. The van der Waals surface area contributed by atoms with E-state index in [0.29, 0.717) is 13.2 Å². The molecule has 3 heterocycles. The summed E-state index contributed by atoms with van der Waals surface area (Å²) in [6, 6.07) is -0.168. The van der Waals surface area contributed by atoms with Crippen molar-refractivity contribution in [1.82, 2.24) is 20.1 Å². The van der Waals surface area contributed by atoms with E-state index in [1.54, 1.807) is 11.3 Å². The predicted octanol–water partition coefficient (Wildman–Crippen LogP) is 1.92. The predicted molar refractivity (Wildman–Crippen MR) is 110 cm³/mol. The molecule has 0 aliphatic carbocycles. The molecule has 0 saturated carbocycles. The molecule has 2 aliphatic rings. The van der Waals surface area contributed by atoms with E-state index in [4.69, 9.17) is 9.72 Å². The zero-order valence-electron chi connectivity index (χ0n) is 15.7. The van der Waals surface area contributed by atoms with Gasteiger partial charge >= 0.3 is 0 Å². The number of nitrogens with one attached hydrogen (secondary N) is 1. The van der Waals surface area contributed by atoms with Gasteiger partial charge < -0.3 is 15.0 Å². The van der Waals surface area contributed by atoms with E-state index >= 15 is 0 Å². The molecule has 9 heteroatoms. The van der Waals surface area contributed by atoms with Crippen LogP contribution in [0.15, 0.2) is 5.38 Å². The van der Waals surface area contributed by atoms with E-state index in [1.807, 2.05) is 4.90 Å². The lowest BCUT2D eigenvalue weighted by molar-refractivity contribution is -0.138. The summed E-state index contributed by atoms with van der Waals surface area (Å²) >= 11 is 1.74. The van der Waals surface area contributed by atoms with Crippen molar-refractivity contribution in [3.05, 3.63) is 16.1 Å². The number of nitrogens with zero attached hydrogens (tertiary/aromatic N) is 3. The number of carbonyl (C=O) groups excluding carboxylic acids is 1. The van der Waals surface area contributed by atoms with Crippen molar-refractivity contribution < 1.29 is 9.53 Å². The van der Waals surface area contributed by atoms with Crippen LogP contribution in [0.3, 0.4) is 0 Å². The molecule has 0 aromatic carbocycles. The second kappa shape index (κ2) is 10.2. The average Bonchev–Trinajstić information content (AvgIpc) is 3.05. The first-order valence-corrected chi connectivity index (χ1v) is 9.58. The Kier molecular flexibility index (Phi) is 9.26. The quantitative estimate of drug-likeness (QED) is 0.802. The van der Waals surface area contributed by atoms with Gasteiger partial charge in [-0.2, -0.15) is 0 Å². The Bertz CT molecular complexity index is 565. The molecule has 1 amide bonds. The van der Waals surface area contributed by atoms with Gasteiger partial charge in [0.05, 0.1) is 23.9 Å². The minimum Gasteiger partial charge on any atom is -0.378 e. The summed E-state index contributed by atoms with van der Waals surface area (Å²) in [5.74, 6) is 0.179. The van der Waals surface area contributed by atoms with Crippen LogP contribution in [-0.2, 0) is 21.5 Å². The molecular formula is C17H30Cl2N4O2S. The summed E-state index contributed by atoms with van der Waals surface area (Å²) < 4.78 is 5.40. The monoisotopic (exact) mass is 424 g/mol. The van der Waals surface area contributed by atoms with Gasteiger partial charge in [0.25, 0.3) is 0 Å². The topological polar surface area (TPSA) is 57.7 Å². The number of morpholine rings is 1. The fourth-order valence-electron chi connectivity index (χ4n) is 3.02.